The monoisotopic (exact) mass is 310 g/mol. The molecular weight excluding hydrogens is 294 g/mol. The fraction of sp³-hybridized carbons (Fsp3) is 0.100. The van der Waals surface area contributed by atoms with E-state index in [1.807, 2.05) is 55.5 Å². The highest BCUT2D eigenvalue weighted by Gasteiger charge is 2.10. The van der Waals surface area contributed by atoms with Crippen LogP contribution >= 0.6 is 0 Å². The van der Waals surface area contributed by atoms with Crippen LogP contribution in [-0.2, 0) is 0 Å². The third kappa shape index (κ3) is 3.24. The Kier molecular flexibility index (Phi) is 4.38. The molecule has 1 nitrogen and oxygen atoms in total. The second-order valence-corrected chi connectivity index (χ2v) is 5.13. The van der Waals surface area contributed by atoms with Gasteiger partial charge in [-0.25, -0.2) is 8.78 Å². The van der Waals surface area contributed by atoms with Crippen molar-refractivity contribution < 1.29 is 13.5 Å². The van der Waals surface area contributed by atoms with E-state index in [4.69, 9.17) is 4.74 Å². The summed E-state index contributed by atoms with van der Waals surface area (Å²) in [5.41, 5.74) is 3.46. The van der Waals surface area contributed by atoms with Gasteiger partial charge in [0.25, 0.3) is 0 Å². The van der Waals surface area contributed by atoms with Crippen LogP contribution in [0.1, 0.15) is 6.92 Å². The minimum absolute atomic E-state index is 0.616. The van der Waals surface area contributed by atoms with E-state index in [1.165, 1.54) is 6.07 Å². The first-order valence-corrected chi connectivity index (χ1v) is 7.46. The molecular formula is C20H16F2O. The van der Waals surface area contributed by atoms with Gasteiger partial charge in [-0.2, -0.15) is 0 Å². The second kappa shape index (κ2) is 6.61. The van der Waals surface area contributed by atoms with Crippen molar-refractivity contribution in [3.8, 4) is 28.0 Å². The van der Waals surface area contributed by atoms with E-state index in [9.17, 15) is 8.78 Å². The van der Waals surface area contributed by atoms with Gasteiger partial charge in [0.2, 0.25) is 0 Å². The maximum Gasteiger partial charge on any atom is 0.159 e. The second-order valence-electron chi connectivity index (χ2n) is 5.13. The molecule has 0 saturated carbocycles. The van der Waals surface area contributed by atoms with E-state index in [1.54, 1.807) is 6.07 Å². The molecule has 0 atom stereocenters. The summed E-state index contributed by atoms with van der Waals surface area (Å²) in [5.74, 6) is -0.877. The van der Waals surface area contributed by atoms with Crippen molar-refractivity contribution in [2.75, 3.05) is 6.61 Å². The van der Waals surface area contributed by atoms with Crippen molar-refractivity contribution in [3.63, 3.8) is 0 Å². The highest BCUT2D eigenvalue weighted by molar-refractivity contribution is 5.83. The molecule has 3 rings (SSSR count). The molecule has 0 aliphatic carbocycles. The Labute approximate surface area is 134 Å². The van der Waals surface area contributed by atoms with Gasteiger partial charge in [0.15, 0.2) is 11.6 Å². The summed E-state index contributed by atoms with van der Waals surface area (Å²) in [6.45, 7) is 2.55. The maximum absolute atomic E-state index is 13.5. The maximum atomic E-state index is 13.5. The third-order valence-corrected chi connectivity index (χ3v) is 3.63. The molecule has 0 heterocycles. The number of ether oxygens (including phenoxy) is 1. The van der Waals surface area contributed by atoms with Gasteiger partial charge >= 0.3 is 0 Å². The SMILES string of the molecule is CCOc1ccc(-c2ccccc2-c2ccc(F)c(F)c2)cc1. The quantitative estimate of drug-likeness (QED) is 0.601. The van der Waals surface area contributed by atoms with Gasteiger partial charge in [-0.05, 0) is 53.4 Å². The molecule has 0 aliphatic heterocycles. The zero-order valence-corrected chi connectivity index (χ0v) is 12.7. The number of hydrogen-bond donors (Lipinski definition) is 0. The van der Waals surface area contributed by atoms with E-state index in [0.717, 1.165) is 28.5 Å². The lowest BCUT2D eigenvalue weighted by Gasteiger charge is -2.11. The first-order chi connectivity index (χ1) is 11.2. The molecule has 0 radical (unpaired) electrons. The average molecular weight is 310 g/mol. The van der Waals surface area contributed by atoms with E-state index in [0.29, 0.717) is 12.2 Å². The van der Waals surface area contributed by atoms with Crippen molar-refractivity contribution in [1.82, 2.24) is 0 Å². The third-order valence-electron chi connectivity index (χ3n) is 3.63. The first kappa shape index (κ1) is 15.2. The average Bonchev–Trinajstić information content (AvgIpc) is 2.58. The molecule has 23 heavy (non-hydrogen) atoms. The zero-order chi connectivity index (χ0) is 16.2. The number of halogens is 2. The van der Waals surface area contributed by atoms with Crippen LogP contribution in [0.3, 0.4) is 0 Å². The van der Waals surface area contributed by atoms with E-state index in [-0.39, 0.29) is 0 Å². The van der Waals surface area contributed by atoms with E-state index in [2.05, 4.69) is 0 Å². The Morgan fingerprint density at radius 1 is 0.739 bits per heavy atom. The summed E-state index contributed by atoms with van der Waals surface area (Å²) in [4.78, 5) is 0. The predicted molar refractivity (Wildman–Crippen MR) is 88.4 cm³/mol. The Balaban J connectivity index is 2.05. The van der Waals surface area contributed by atoms with Crippen LogP contribution in [0, 0.1) is 11.6 Å². The van der Waals surface area contributed by atoms with Crippen molar-refractivity contribution in [2.24, 2.45) is 0 Å². The first-order valence-electron chi connectivity index (χ1n) is 7.46. The summed E-state index contributed by atoms with van der Waals surface area (Å²) >= 11 is 0. The van der Waals surface area contributed by atoms with E-state index < -0.39 is 11.6 Å². The van der Waals surface area contributed by atoms with Gasteiger partial charge in [0.05, 0.1) is 6.61 Å². The van der Waals surface area contributed by atoms with Crippen molar-refractivity contribution in [2.45, 2.75) is 6.92 Å². The number of benzene rings is 3. The fourth-order valence-electron chi connectivity index (χ4n) is 2.55. The van der Waals surface area contributed by atoms with Crippen LogP contribution in [-0.4, -0.2) is 6.61 Å². The topological polar surface area (TPSA) is 9.23 Å². The molecule has 0 aromatic heterocycles. The van der Waals surface area contributed by atoms with Crippen molar-refractivity contribution >= 4 is 0 Å². The highest BCUT2D eigenvalue weighted by Crippen LogP contribution is 2.33. The zero-order valence-electron chi connectivity index (χ0n) is 12.7. The molecule has 0 N–H and O–H groups in total. The lowest BCUT2D eigenvalue weighted by atomic mass is 9.94. The summed E-state index contributed by atoms with van der Waals surface area (Å²) in [5, 5.41) is 0. The molecule has 0 aliphatic rings. The lowest BCUT2D eigenvalue weighted by Crippen LogP contribution is -1.91. The Morgan fingerprint density at radius 3 is 1.96 bits per heavy atom. The smallest absolute Gasteiger partial charge is 0.159 e. The van der Waals surface area contributed by atoms with Crippen LogP contribution in [0.25, 0.3) is 22.3 Å². The van der Waals surface area contributed by atoms with E-state index >= 15 is 0 Å². The number of hydrogen-bond acceptors (Lipinski definition) is 1. The van der Waals surface area contributed by atoms with Crippen molar-refractivity contribution in [3.05, 3.63) is 78.4 Å². The fourth-order valence-corrected chi connectivity index (χ4v) is 2.55. The largest absolute Gasteiger partial charge is 0.494 e. The molecule has 3 aromatic rings. The molecule has 0 bridgehead atoms. The van der Waals surface area contributed by atoms with Gasteiger partial charge in [0, 0.05) is 0 Å². The molecule has 3 aromatic carbocycles. The lowest BCUT2D eigenvalue weighted by molar-refractivity contribution is 0.340. The van der Waals surface area contributed by atoms with Crippen LogP contribution in [0.15, 0.2) is 66.7 Å². The van der Waals surface area contributed by atoms with Gasteiger partial charge in [0.1, 0.15) is 5.75 Å². The molecule has 0 fully saturated rings. The Bertz CT molecular complexity index is 810. The Morgan fingerprint density at radius 2 is 1.35 bits per heavy atom. The highest BCUT2D eigenvalue weighted by atomic mass is 19.2. The minimum Gasteiger partial charge on any atom is -0.494 e. The van der Waals surface area contributed by atoms with Gasteiger partial charge in [-0.3, -0.25) is 0 Å². The number of rotatable bonds is 4. The summed E-state index contributed by atoms with van der Waals surface area (Å²) < 4.78 is 32.2. The molecule has 116 valence electrons. The van der Waals surface area contributed by atoms with Gasteiger partial charge in [-0.1, -0.05) is 42.5 Å². The molecule has 0 unspecified atom stereocenters. The summed E-state index contributed by atoms with van der Waals surface area (Å²) in [7, 11) is 0. The van der Waals surface area contributed by atoms with Crippen LogP contribution in [0.2, 0.25) is 0 Å². The van der Waals surface area contributed by atoms with Crippen LogP contribution in [0.5, 0.6) is 5.75 Å². The normalized spacial score (nSPS) is 10.6. The Hall–Kier alpha value is -2.68. The van der Waals surface area contributed by atoms with Crippen LogP contribution in [0.4, 0.5) is 8.78 Å². The van der Waals surface area contributed by atoms with Crippen molar-refractivity contribution in [1.29, 1.82) is 0 Å². The van der Waals surface area contributed by atoms with Gasteiger partial charge < -0.3 is 4.74 Å². The molecule has 0 amide bonds. The predicted octanol–water partition coefficient (Wildman–Crippen LogP) is 5.70. The molecule has 0 saturated heterocycles. The standard InChI is InChI=1S/C20H16F2O/c1-2-23-16-10-7-14(8-11-16)17-5-3-4-6-18(17)15-9-12-19(21)20(22)13-15/h3-13H,2H2,1H3. The summed E-state index contributed by atoms with van der Waals surface area (Å²) in [6, 6.07) is 19.4. The minimum atomic E-state index is -0.844. The molecule has 3 heteroatoms. The molecule has 0 spiro atoms. The van der Waals surface area contributed by atoms with Crippen LogP contribution < -0.4 is 4.74 Å². The summed E-state index contributed by atoms with van der Waals surface area (Å²) in [6.07, 6.45) is 0. The van der Waals surface area contributed by atoms with Gasteiger partial charge in [-0.15, -0.1) is 0 Å².